The van der Waals surface area contributed by atoms with E-state index in [-0.39, 0.29) is 18.2 Å². The van der Waals surface area contributed by atoms with Gasteiger partial charge in [0.1, 0.15) is 18.8 Å². The van der Waals surface area contributed by atoms with Gasteiger partial charge in [-0.15, -0.1) is 0 Å². The Morgan fingerprint density at radius 2 is 2.14 bits per heavy atom. The number of hydrogen-bond acceptors (Lipinski definition) is 4. The second kappa shape index (κ2) is 8.00. The first kappa shape index (κ1) is 17.3. The van der Waals surface area contributed by atoms with Gasteiger partial charge in [0.25, 0.3) is 0 Å². The van der Waals surface area contributed by atoms with Gasteiger partial charge in [-0.1, -0.05) is 20.4 Å². The molecule has 2 bridgehead atoms. The summed E-state index contributed by atoms with van der Waals surface area (Å²) < 4.78 is 16.2. The van der Waals surface area contributed by atoms with Crippen molar-refractivity contribution in [3.63, 3.8) is 0 Å². The first-order chi connectivity index (χ1) is 10.6. The Hall–Kier alpha value is -1.03. The van der Waals surface area contributed by atoms with Gasteiger partial charge in [-0.05, 0) is 56.3 Å². The number of hydrogen-bond donors (Lipinski definition) is 0. The van der Waals surface area contributed by atoms with Crippen LogP contribution in [0.1, 0.15) is 52.4 Å². The summed E-state index contributed by atoms with van der Waals surface area (Å²) in [6, 6.07) is 0. The van der Waals surface area contributed by atoms with Crippen molar-refractivity contribution in [2.45, 2.75) is 58.0 Å². The van der Waals surface area contributed by atoms with Gasteiger partial charge in [-0.3, -0.25) is 0 Å². The molecular formula is C18H30O4. The molecule has 126 valence electrons. The third-order valence-corrected chi connectivity index (χ3v) is 5.36. The molecule has 22 heavy (non-hydrogen) atoms. The number of rotatable bonds is 8. The molecule has 4 unspecified atom stereocenters. The van der Waals surface area contributed by atoms with E-state index in [1.807, 2.05) is 0 Å². The summed E-state index contributed by atoms with van der Waals surface area (Å²) in [6.45, 7) is 8.73. The molecule has 0 spiro atoms. The van der Waals surface area contributed by atoms with E-state index in [1.165, 1.54) is 31.9 Å². The second-order valence-corrected chi connectivity index (χ2v) is 6.90. The Labute approximate surface area is 134 Å². The molecule has 2 fully saturated rings. The zero-order chi connectivity index (χ0) is 16.0. The lowest BCUT2D eigenvalue weighted by Gasteiger charge is -2.50. The fourth-order valence-electron chi connectivity index (χ4n) is 4.34. The number of fused-ring (bicyclic) bond motifs is 2. The molecule has 0 N–H and O–H groups in total. The third kappa shape index (κ3) is 4.25. The lowest BCUT2D eigenvalue weighted by molar-refractivity contribution is -0.183. The zero-order valence-corrected chi connectivity index (χ0v) is 14.0. The van der Waals surface area contributed by atoms with E-state index in [4.69, 9.17) is 14.2 Å². The van der Waals surface area contributed by atoms with E-state index in [0.29, 0.717) is 19.1 Å². The maximum Gasteiger partial charge on any atom is 0.332 e. The summed E-state index contributed by atoms with van der Waals surface area (Å²) in [7, 11) is 0. The van der Waals surface area contributed by atoms with Crippen LogP contribution in [-0.4, -0.2) is 31.4 Å². The fourth-order valence-corrected chi connectivity index (χ4v) is 4.34. The molecule has 0 aromatic heterocycles. The van der Waals surface area contributed by atoms with E-state index in [0.717, 1.165) is 24.7 Å². The van der Waals surface area contributed by atoms with Crippen LogP contribution in [-0.2, 0) is 19.0 Å². The smallest absolute Gasteiger partial charge is 0.332 e. The summed E-state index contributed by atoms with van der Waals surface area (Å²) in [5.41, 5.74) is -0.261. The van der Waals surface area contributed by atoms with Gasteiger partial charge >= 0.3 is 5.97 Å². The monoisotopic (exact) mass is 310 g/mol. The van der Waals surface area contributed by atoms with Crippen LogP contribution in [0.5, 0.6) is 0 Å². The van der Waals surface area contributed by atoms with Gasteiger partial charge in [0.15, 0.2) is 0 Å². The Morgan fingerprint density at radius 1 is 1.32 bits per heavy atom. The molecule has 0 amide bonds. The fraction of sp³-hybridized carbons (Fsp3) is 0.833. The van der Waals surface area contributed by atoms with Gasteiger partial charge in [0.05, 0.1) is 12.9 Å². The van der Waals surface area contributed by atoms with Crippen LogP contribution in [0.15, 0.2) is 12.8 Å². The zero-order valence-electron chi connectivity index (χ0n) is 14.0. The molecule has 0 saturated heterocycles. The molecule has 0 aromatic carbocycles. The molecular weight excluding hydrogens is 280 g/mol. The van der Waals surface area contributed by atoms with Gasteiger partial charge in [-0.25, -0.2) is 4.79 Å². The van der Waals surface area contributed by atoms with Crippen LogP contribution in [0, 0.1) is 17.8 Å². The van der Waals surface area contributed by atoms with Crippen LogP contribution in [0.2, 0.25) is 0 Å². The molecule has 2 aliphatic rings. The average Bonchev–Trinajstić information content (AvgIpc) is 2.50. The lowest BCUT2D eigenvalue weighted by atomic mass is 9.61. The van der Waals surface area contributed by atoms with Crippen LogP contribution in [0.4, 0.5) is 0 Å². The van der Waals surface area contributed by atoms with Gasteiger partial charge in [-0.2, -0.15) is 0 Å². The number of esters is 1. The summed E-state index contributed by atoms with van der Waals surface area (Å²) in [5, 5.41) is 0. The first-order valence-electron chi connectivity index (χ1n) is 8.61. The van der Waals surface area contributed by atoms with E-state index in [1.54, 1.807) is 0 Å². The predicted octanol–water partition coefficient (Wildman–Crippen LogP) is 3.70. The van der Waals surface area contributed by atoms with E-state index >= 15 is 0 Å². The molecule has 2 saturated carbocycles. The van der Waals surface area contributed by atoms with Crippen molar-refractivity contribution < 1.29 is 19.0 Å². The van der Waals surface area contributed by atoms with Crippen LogP contribution >= 0.6 is 0 Å². The normalized spacial score (nSPS) is 34.0. The standard InChI is InChI=1S/C18H30O4/c1-4-18(22-17(19)13-21-9-8-20-5-2)7-6-15-10-14(3)11-16(18)12-15/h5,14-16H,2,4,6-13H2,1,3H3. The number of carbonyl (C=O) groups excluding carboxylic acids is 1. The molecule has 2 aliphatic carbocycles. The van der Waals surface area contributed by atoms with E-state index in [2.05, 4.69) is 20.4 Å². The Kier molecular flexibility index (Phi) is 6.30. The summed E-state index contributed by atoms with van der Waals surface area (Å²) in [6.07, 6.45) is 8.23. The van der Waals surface area contributed by atoms with Crippen molar-refractivity contribution >= 4 is 5.97 Å². The highest BCUT2D eigenvalue weighted by atomic mass is 16.6. The van der Waals surface area contributed by atoms with Crippen molar-refractivity contribution in [2.75, 3.05) is 19.8 Å². The minimum Gasteiger partial charge on any atom is -0.499 e. The van der Waals surface area contributed by atoms with Crippen LogP contribution in [0.3, 0.4) is 0 Å². The first-order valence-corrected chi connectivity index (χ1v) is 8.61. The highest BCUT2D eigenvalue weighted by Gasteiger charge is 2.48. The van der Waals surface area contributed by atoms with Crippen LogP contribution in [0.25, 0.3) is 0 Å². The molecule has 4 heteroatoms. The Bertz CT molecular complexity index is 379. The summed E-state index contributed by atoms with van der Waals surface area (Å²) >= 11 is 0. The maximum absolute atomic E-state index is 12.1. The molecule has 0 aliphatic heterocycles. The van der Waals surface area contributed by atoms with Gasteiger partial charge < -0.3 is 14.2 Å². The average molecular weight is 310 g/mol. The number of ether oxygens (including phenoxy) is 3. The minimum atomic E-state index is -0.261. The van der Waals surface area contributed by atoms with E-state index in [9.17, 15) is 4.79 Å². The Morgan fingerprint density at radius 3 is 2.86 bits per heavy atom. The third-order valence-electron chi connectivity index (χ3n) is 5.36. The quantitative estimate of drug-likeness (QED) is 0.389. The highest BCUT2D eigenvalue weighted by molar-refractivity contribution is 5.71. The van der Waals surface area contributed by atoms with Gasteiger partial charge in [0.2, 0.25) is 0 Å². The SMILES string of the molecule is C=COCCOCC(=O)OC1(CC)CCC2CC(C)CC1C2. The largest absolute Gasteiger partial charge is 0.499 e. The second-order valence-electron chi connectivity index (χ2n) is 6.90. The molecule has 0 radical (unpaired) electrons. The summed E-state index contributed by atoms with van der Waals surface area (Å²) in [5.74, 6) is 1.87. The van der Waals surface area contributed by atoms with Crippen molar-refractivity contribution in [3.8, 4) is 0 Å². The lowest BCUT2D eigenvalue weighted by Crippen LogP contribution is -2.49. The molecule has 0 heterocycles. The minimum absolute atomic E-state index is 0.00789. The number of carbonyl (C=O) groups is 1. The van der Waals surface area contributed by atoms with Crippen LogP contribution < -0.4 is 0 Å². The van der Waals surface area contributed by atoms with Gasteiger partial charge in [0, 0.05) is 0 Å². The van der Waals surface area contributed by atoms with Crippen molar-refractivity contribution in [1.29, 1.82) is 0 Å². The maximum atomic E-state index is 12.1. The molecule has 0 aromatic rings. The highest BCUT2D eigenvalue weighted by Crippen LogP contribution is 2.50. The summed E-state index contributed by atoms with van der Waals surface area (Å²) in [4.78, 5) is 12.1. The molecule has 4 atom stereocenters. The predicted molar refractivity (Wildman–Crippen MR) is 85.3 cm³/mol. The molecule has 2 rings (SSSR count). The van der Waals surface area contributed by atoms with Crippen molar-refractivity contribution in [1.82, 2.24) is 0 Å². The van der Waals surface area contributed by atoms with E-state index < -0.39 is 0 Å². The molecule has 4 nitrogen and oxygen atoms in total. The Balaban J connectivity index is 1.84. The van der Waals surface area contributed by atoms with Crippen molar-refractivity contribution in [2.24, 2.45) is 17.8 Å². The topological polar surface area (TPSA) is 44.8 Å². The van der Waals surface area contributed by atoms with Crippen molar-refractivity contribution in [3.05, 3.63) is 12.8 Å².